The zero-order chi connectivity index (χ0) is 13.8. The molecule has 1 amide bonds. The van der Waals surface area contributed by atoms with E-state index in [0.717, 1.165) is 5.56 Å². The fourth-order valence-electron chi connectivity index (χ4n) is 1.76. The third-order valence-corrected chi connectivity index (χ3v) is 2.80. The van der Waals surface area contributed by atoms with Gasteiger partial charge in [-0.2, -0.15) is 0 Å². The Morgan fingerprint density at radius 2 is 2.00 bits per heavy atom. The fraction of sp³-hybridized carbons (Fsp3) is 0.143. The van der Waals surface area contributed by atoms with Crippen molar-refractivity contribution in [3.8, 4) is 0 Å². The molecular weight excluding hydrogens is 245 g/mol. The van der Waals surface area contributed by atoms with Crippen molar-refractivity contribution < 1.29 is 9.18 Å². The molecule has 0 fully saturated rings. The average Bonchev–Trinajstić information content (AvgIpc) is 2.42. The molecule has 0 saturated heterocycles. The van der Waals surface area contributed by atoms with E-state index < -0.39 is 5.82 Å². The predicted octanol–water partition coefficient (Wildman–Crippen LogP) is 2.08. The van der Waals surface area contributed by atoms with Crippen LogP contribution in [0.4, 0.5) is 10.1 Å². The van der Waals surface area contributed by atoms with Crippen LogP contribution >= 0.6 is 0 Å². The van der Waals surface area contributed by atoms with Crippen LogP contribution in [0.1, 0.15) is 15.9 Å². The van der Waals surface area contributed by atoms with E-state index in [1.165, 1.54) is 23.1 Å². The average molecular weight is 259 g/mol. The van der Waals surface area contributed by atoms with Gasteiger partial charge in [0.2, 0.25) is 0 Å². The molecule has 0 radical (unpaired) electrons. The molecule has 5 heteroatoms. The number of carbonyl (C=O) groups is 1. The molecule has 19 heavy (non-hydrogen) atoms. The van der Waals surface area contributed by atoms with Crippen LogP contribution in [0, 0.1) is 5.82 Å². The van der Waals surface area contributed by atoms with Gasteiger partial charge in [-0.1, -0.05) is 6.07 Å². The third kappa shape index (κ3) is 2.88. The van der Waals surface area contributed by atoms with Gasteiger partial charge in [0.25, 0.3) is 5.91 Å². The molecule has 2 rings (SSSR count). The molecule has 2 aromatic rings. The number of amides is 1. The van der Waals surface area contributed by atoms with Crippen molar-refractivity contribution in [3.05, 3.63) is 59.7 Å². The lowest BCUT2D eigenvalue weighted by Crippen LogP contribution is -2.27. The number of hydrogen-bond donors (Lipinski definition) is 1. The smallest absolute Gasteiger partial charge is 0.256 e. The summed E-state index contributed by atoms with van der Waals surface area (Å²) >= 11 is 0. The Balaban J connectivity index is 2.18. The molecule has 0 saturated carbocycles. The third-order valence-electron chi connectivity index (χ3n) is 2.80. The van der Waals surface area contributed by atoms with Gasteiger partial charge in [0.05, 0.1) is 11.3 Å². The minimum atomic E-state index is -0.580. The van der Waals surface area contributed by atoms with Gasteiger partial charge in [0.1, 0.15) is 5.82 Å². The molecule has 1 aromatic heterocycles. The zero-order valence-corrected chi connectivity index (χ0v) is 10.5. The van der Waals surface area contributed by atoms with E-state index in [-0.39, 0.29) is 17.2 Å². The summed E-state index contributed by atoms with van der Waals surface area (Å²) in [5.41, 5.74) is 6.59. The molecule has 0 unspecified atom stereocenters. The lowest BCUT2D eigenvalue weighted by Gasteiger charge is -2.18. The topological polar surface area (TPSA) is 59.2 Å². The molecule has 0 spiro atoms. The Kier molecular flexibility index (Phi) is 3.75. The van der Waals surface area contributed by atoms with Crippen molar-refractivity contribution in [3.63, 3.8) is 0 Å². The summed E-state index contributed by atoms with van der Waals surface area (Å²) in [5.74, 6) is -0.892. The highest BCUT2D eigenvalue weighted by Crippen LogP contribution is 2.18. The largest absolute Gasteiger partial charge is 0.396 e. The number of nitrogens with zero attached hydrogens (tertiary/aromatic N) is 2. The number of aromatic nitrogens is 1. The van der Waals surface area contributed by atoms with E-state index in [1.807, 2.05) is 12.1 Å². The number of nitrogen functional groups attached to an aromatic ring is 1. The van der Waals surface area contributed by atoms with Crippen molar-refractivity contribution in [1.29, 1.82) is 0 Å². The lowest BCUT2D eigenvalue weighted by molar-refractivity contribution is 0.0785. The van der Waals surface area contributed by atoms with Crippen LogP contribution in [-0.4, -0.2) is 22.8 Å². The van der Waals surface area contributed by atoms with Crippen molar-refractivity contribution in [2.24, 2.45) is 0 Å². The predicted molar refractivity (Wildman–Crippen MR) is 70.8 cm³/mol. The van der Waals surface area contributed by atoms with E-state index >= 15 is 0 Å². The van der Waals surface area contributed by atoms with Gasteiger partial charge in [0, 0.05) is 26.0 Å². The van der Waals surface area contributed by atoms with Crippen LogP contribution in [0.15, 0.2) is 42.7 Å². The van der Waals surface area contributed by atoms with Crippen LogP contribution in [0.3, 0.4) is 0 Å². The maximum Gasteiger partial charge on any atom is 0.256 e. The van der Waals surface area contributed by atoms with Crippen molar-refractivity contribution in [2.45, 2.75) is 6.54 Å². The minimum Gasteiger partial charge on any atom is -0.396 e. The van der Waals surface area contributed by atoms with Crippen LogP contribution in [-0.2, 0) is 6.54 Å². The molecule has 0 aliphatic heterocycles. The number of rotatable bonds is 3. The highest BCUT2D eigenvalue weighted by atomic mass is 19.1. The van der Waals surface area contributed by atoms with Crippen LogP contribution in [0.25, 0.3) is 0 Å². The van der Waals surface area contributed by atoms with E-state index in [2.05, 4.69) is 4.98 Å². The van der Waals surface area contributed by atoms with Crippen LogP contribution in [0.2, 0.25) is 0 Å². The second-order valence-corrected chi connectivity index (χ2v) is 4.22. The van der Waals surface area contributed by atoms with Gasteiger partial charge in [-0.25, -0.2) is 4.39 Å². The van der Waals surface area contributed by atoms with Crippen molar-refractivity contribution in [1.82, 2.24) is 9.88 Å². The molecule has 4 nitrogen and oxygen atoms in total. The summed E-state index contributed by atoms with van der Waals surface area (Å²) in [4.78, 5) is 17.6. The number of nitrogens with two attached hydrogens (primary N) is 1. The summed E-state index contributed by atoms with van der Waals surface area (Å²) in [7, 11) is 1.65. The number of hydrogen-bond acceptors (Lipinski definition) is 3. The first-order valence-electron chi connectivity index (χ1n) is 5.78. The molecule has 1 aromatic carbocycles. The molecular formula is C14H14FN3O. The Labute approximate surface area is 110 Å². The highest BCUT2D eigenvalue weighted by Gasteiger charge is 2.16. The van der Waals surface area contributed by atoms with Gasteiger partial charge in [0.15, 0.2) is 0 Å². The Morgan fingerprint density at radius 3 is 2.68 bits per heavy atom. The summed E-state index contributed by atoms with van der Waals surface area (Å²) in [6.07, 6.45) is 3.31. The fourth-order valence-corrected chi connectivity index (χ4v) is 1.76. The van der Waals surface area contributed by atoms with Gasteiger partial charge in [-0.15, -0.1) is 0 Å². The number of para-hydroxylation sites is 1. The molecule has 0 bridgehead atoms. The maximum absolute atomic E-state index is 13.3. The normalized spacial score (nSPS) is 10.2. The minimum absolute atomic E-state index is 0.117. The molecule has 98 valence electrons. The highest BCUT2D eigenvalue weighted by molar-refractivity contribution is 5.99. The van der Waals surface area contributed by atoms with Crippen LogP contribution < -0.4 is 5.73 Å². The quantitative estimate of drug-likeness (QED) is 0.858. The molecule has 1 heterocycles. The summed E-state index contributed by atoms with van der Waals surface area (Å²) in [6, 6.07) is 7.86. The molecule has 0 aliphatic carbocycles. The van der Waals surface area contributed by atoms with Crippen LogP contribution in [0.5, 0.6) is 0 Å². The number of anilines is 1. The van der Waals surface area contributed by atoms with Crippen molar-refractivity contribution >= 4 is 11.6 Å². The standard InChI is InChI=1S/C14H14FN3O/c1-18(9-10-5-7-17-8-6-10)14(19)11-3-2-4-12(15)13(11)16/h2-8H,9,16H2,1H3. The molecule has 0 aliphatic rings. The number of pyridine rings is 1. The first-order valence-corrected chi connectivity index (χ1v) is 5.78. The van der Waals surface area contributed by atoms with E-state index in [9.17, 15) is 9.18 Å². The van der Waals surface area contributed by atoms with Gasteiger partial charge >= 0.3 is 0 Å². The van der Waals surface area contributed by atoms with Crippen molar-refractivity contribution in [2.75, 3.05) is 12.8 Å². The monoisotopic (exact) mass is 259 g/mol. The number of carbonyl (C=O) groups excluding carboxylic acids is 1. The second-order valence-electron chi connectivity index (χ2n) is 4.22. The Hall–Kier alpha value is -2.43. The summed E-state index contributed by atoms with van der Waals surface area (Å²) < 4.78 is 13.3. The van der Waals surface area contributed by atoms with E-state index in [0.29, 0.717) is 6.54 Å². The van der Waals surface area contributed by atoms with Gasteiger partial charge in [-0.05, 0) is 29.8 Å². The Bertz CT molecular complexity index is 586. The second kappa shape index (κ2) is 5.48. The summed E-state index contributed by atoms with van der Waals surface area (Å²) in [5, 5.41) is 0. The maximum atomic E-state index is 13.3. The van der Waals surface area contributed by atoms with E-state index in [1.54, 1.807) is 19.4 Å². The first-order chi connectivity index (χ1) is 9.09. The lowest BCUT2D eigenvalue weighted by atomic mass is 10.1. The number of halogens is 1. The molecule has 0 atom stereocenters. The number of benzene rings is 1. The van der Waals surface area contributed by atoms with E-state index in [4.69, 9.17) is 5.73 Å². The SMILES string of the molecule is CN(Cc1ccncc1)C(=O)c1cccc(F)c1N. The first kappa shape index (κ1) is 13.0. The molecule has 2 N–H and O–H groups in total. The van der Waals surface area contributed by atoms with Gasteiger partial charge < -0.3 is 10.6 Å². The Morgan fingerprint density at radius 1 is 1.32 bits per heavy atom. The zero-order valence-electron chi connectivity index (χ0n) is 10.5. The summed E-state index contributed by atoms with van der Waals surface area (Å²) in [6.45, 7) is 0.414. The van der Waals surface area contributed by atoms with Gasteiger partial charge in [-0.3, -0.25) is 9.78 Å².